The maximum atomic E-state index is 12.0. The highest BCUT2D eigenvalue weighted by Gasteiger charge is 2.17. The van der Waals surface area contributed by atoms with Crippen molar-refractivity contribution in [1.29, 1.82) is 0 Å². The van der Waals surface area contributed by atoms with Gasteiger partial charge in [-0.3, -0.25) is 4.79 Å². The van der Waals surface area contributed by atoms with Gasteiger partial charge in [0.15, 0.2) is 0 Å². The Morgan fingerprint density at radius 2 is 1.91 bits per heavy atom. The van der Waals surface area contributed by atoms with E-state index in [-0.39, 0.29) is 5.91 Å². The minimum atomic E-state index is -0.00526. The Labute approximate surface area is 139 Å². The third-order valence-corrected chi connectivity index (χ3v) is 4.51. The number of carbonyl (C=O) groups is 1. The monoisotopic (exact) mass is 358 g/mol. The number of nitrogens with one attached hydrogen (secondary N) is 1. The van der Waals surface area contributed by atoms with Crippen molar-refractivity contribution in [3.63, 3.8) is 0 Å². The lowest BCUT2D eigenvalue weighted by atomic mass is 10.2. The molecule has 4 heteroatoms. The number of rotatable bonds is 5. The summed E-state index contributed by atoms with van der Waals surface area (Å²) in [7, 11) is 0. The van der Waals surface area contributed by atoms with Crippen molar-refractivity contribution in [3.8, 4) is 0 Å². The van der Waals surface area contributed by atoms with E-state index < -0.39 is 0 Å². The molecular weight excluding hydrogens is 340 g/mol. The van der Waals surface area contributed by atoms with Crippen molar-refractivity contribution in [2.75, 3.05) is 24.5 Å². The van der Waals surface area contributed by atoms with Gasteiger partial charge >= 0.3 is 0 Å². The molecule has 0 bridgehead atoms. The minimum Gasteiger partial charge on any atom is -0.371 e. The van der Waals surface area contributed by atoms with E-state index in [1.807, 2.05) is 24.3 Å². The van der Waals surface area contributed by atoms with Crippen molar-refractivity contribution in [2.24, 2.45) is 0 Å². The van der Waals surface area contributed by atoms with Gasteiger partial charge in [-0.25, -0.2) is 0 Å². The van der Waals surface area contributed by atoms with Gasteiger partial charge in [0.1, 0.15) is 0 Å². The van der Waals surface area contributed by atoms with Crippen LogP contribution in [0.15, 0.2) is 53.0 Å². The van der Waals surface area contributed by atoms with Crippen LogP contribution in [0.4, 0.5) is 5.69 Å². The third kappa shape index (κ3) is 3.50. The van der Waals surface area contributed by atoms with Gasteiger partial charge < -0.3 is 10.2 Å². The number of hydrogen-bond acceptors (Lipinski definition) is 2. The molecule has 1 heterocycles. The maximum absolute atomic E-state index is 12.0. The first-order valence-corrected chi connectivity index (χ1v) is 8.40. The standard InChI is InChI=1S/C18H19BrN2O/c19-16-8-6-15(7-9-16)18(22)20-11-3-12-21-13-10-14-4-1-2-5-17(14)21/h1-2,4-9H,3,10-13H2,(H,20,22). The zero-order valence-corrected chi connectivity index (χ0v) is 14.0. The SMILES string of the molecule is O=C(NCCCN1CCc2ccccc21)c1ccc(Br)cc1. The molecule has 2 aromatic rings. The first kappa shape index (κ1) is 15.1. The summed E-state index contributed by atoms with van der Waals surface area (Å²) >= 11 is 3.37. The number of carbonyl (C=O) groups excluding carboxylic acids is 1. The fourth-order valence-corrected chi connectivity index (χ4v) is 3.08. The number of halogens is 1. The Bertz CT molecular complexity index is 654. The molecule has 0 radical (unpaired) electrons. The predicted octanol–water partition coefficient (Wildman–Crippen LogP) is 3.63. The zero-order chi connectivity index (χ0) is 15.4. The molecule has 1 amide bonds. The molecule has 3 rings (SSSR count). The summed E-state index contributed by atoms with van der Waals surface area (Å²) in [4.78, 5) is 14.4. The highest BCUT2D eigenvalue weighted by molar-refractivity contribution is 9.10. The lowest BCUT2D eigenvalue weighted by Crippen LogP contribution is -2.29. The van der Waals surface area contributed by atoms with Gasteiger partial charge in [-0.2, -0.15) is 0 Å². The van der Waals surface area contributed by atoms with Gasteiger partial charge in [0, 0.05) is 35.4 Å². The summed E-state index contributed by atoms with van der Waals surface area (Å²) in [5.74, 6) is -0.00526. The van der Waals surface area contributed by atoms with E-state index in [0.29, 0.717) is 12.1 Å². The van der Waals surface area contributed by atoms with Crippen LogP contribution >= 0.6 is 15.9 Å². The molecule has 1 aliphatic heterocycles. The first-order valence-electron chi connectivity index (χ1n) is 7.60. The lowest BCUT2D eigenvalue weighted by molar-refractivity contribution is 0.0953. The Morgan fingerprint density at radius 3 is 2.73 bits per heavy atom. The topological polar surface area (TPSA) is 32.3 Å². The Kier molecular flexibility index (Phi) is 4.78. The second kappa shape index (κ2) is 6.97. The normalized spacial score (nSPS) is 13.0. The van der Waals surface area contributed by atoms with E-state index in [4.69, 9.17) is 0 Å². The molecule has 0 aromatic heterocycles. The molecule has 1 N–H and O–H groups in total. The van der Waals surface area contributed by atoms with Crippen LogP contribution in [0.1, 0.15) is 22.3 Å². The molecule has 0 atom stereocenters. The van der Waals surface area contributed by atoms with Gasteiger partial charge in [0.2, 0.25) is 0 Å². The van der Waals surface area contributed by atoms with Crippen molar-refractivity contribution < 1.29 is 4.79 Å². The Morgan fingerprint density at radius 1 is 1.14 bits per heavy atom. The summed E-state index contributed by atoms with van der Waals surface area (Å²) in [6.07, 6.45) is 2.08. The minimum absolute atomic E-state index is 0.00526. The van der Waals surface area contributed by atoms with E-state index in [0.717, 1.165) is 30.4 Å². The van der Waals surface area contributed by atoms with E-state index in [2.05, 4.69) is 50.4 Å². The molecule has 0 saturated carbocycles. The molecule has 1 aliphatic rings. The molecule has 114 valence electrons. The Hall–Kier alpha value is -1.81. The first-order chi connectivity index (χ1) is 10.7. The molecule has 0 saturated heterocycles. The molecule has 0 spiro atoms. The number of para-hydroxylation sites is 1. The van der Waals surface area contributed by atoms with E-state index >= 15 is 0 Å². The van der Waals surface area contributed by atoms with Crippen molar-refractivity contribution in [3.05, 3.63) is 64.1 Å². The van der Waals surface area contributed by atoms with Crippen LogP contribution in [-0.2, 0) is 6.42 Å². The lowest BCUT2D eigenvalue weighted by Gasteiger charge is -2.19. The molecule has 0 unspecified atom stereocenters. The van der Waals surface area contributed by atoms with Crippen molar-refractivity contribution in [1.82, 2.24) is 5.32 Å². The summed E-state index contributed by atoms with van der Waals surface area (Å²) in [5, 5.41) is 2.99. The second-order valence-electron chi connectivity index (χ2n) is 5.48. The number of anilines is 1. The smallest absolute Gasteiger partial charge is 0.251 e. The quantitative estimate of drug-likeness (QED) is 0.827. The van der Waals surface area contributed by atoms with Crippen LogP contribution in [0.5, 0.6) is 0 Å². The molecule has 22 heavy (non-hydrogen) atoms. The van der Waals surface area contributed by atoms with Crippen LogP contribution in [0.25, 0.3) is 0 Å². The second-order valence-corrected chi connectivity index (χ2v) is 6.40. The fraction of sp³-hybridized carbons (Fsp3) is 0.278. The average molecular weight is 359 g/mol. The van der Waals surface area contributed by atoms with Crippen LogP contribution in [0, 0.1) is 0 Å². The number of amides is 1. The summed E-state index contributed by atoms with van der Waals surface area (Å²) in [6, 6.07) is 16.0. The highest BCUT2D eigenvalue weighted by atomic mass is 79.9. The predicted molar refractivity (Wildman–Crippen MR) is 93.5 cm³/mol. The molecule has 3 nitrogen and oxygen atoms in total. The number of fused-ring (bicyclic) bond motifs is 1. The van der Waals surface area contributed by atoms with Gasteiger partial charge in [-0.1, -0.05) is 34.1 Å². The van der Waals surface area contributed by atoms with E-state index in [1.165, 1.54) is 11.3 Å². The molecular formula is C18H19BrN2O. The fourth-order valence-electron chi connectivity index (χ4n) is 2.81. The molecule has 0 aliphatic carbocycles. The van der Waals surface area contributed by atoms with E-state index in [9.17, 15) is 4.79 Å². The Balaban J connectivity index is 1.45. The third-order valence-electron chi connectivity index (χ3n) is 3.98. The summed E-state index contributed by atoms with van der Waals surface area (Å²) < 4.78 is 0.983. The average Bonchev–Trinajstić information content (AvgIpc) is 2.95. The molecule has 2 aromatic carbocycles. The zero-order valence-electron chi connectivity index (χ0n) is 12.4. The molecule has 0 fully saturated rings. The van der Waals surface area contributed by atoms with Crippen molar-refractivity contribution in [2.45, 2.75) is 12.8 Å². The van der Waals surface area contributed by atoms with Gasteiger partial charge in [-0.15, -0.1) is 0 Å². The highest BCUT2D eigenvalue weighted by Crippen LogP contribution is 2.27. The summed E-state index contributed by atoms with van der Waals surface area (Å²) in [6.45, 7) is 2.77. The van der Waals surface area contributed by atoms with Crippen LogP contribution in [0.2, 0.25) is 0 Å². The van der Waals surface area contributed by atoms with Crippen LogP contribution in [-0.4, -0.2) is 25.5 Å². The van der Waals surface area contributed by atoms with Gasteiger partial charge in [0.25, 0.3) is 5.91 Å². The van der Waals surface area contributed by atoms with Gasteiger partial charge in [0.05, 0.1) is 0 Å². The van der Waals surface area contributed by atoms with Crippen molar-refractivity contribution >= 4 is 27.5 Å². The number of hydrogen-bond donors (Lipinski definition) is 1. The van der Waals surface area contributed by atoms with E-state index in [1.54, 1.807) is 0 Å². The van der Waals surface area contributed by atoms with Gasteiger partial charge in [-0.05, 0) is 48.7 Å². The number of benzene rings is 2. The summed E-state index contributed by atoms with van der Waals surface area (Å²) in [5.41, 5.74) is 3.48. The number of nitrogens with zero attached hydrogens (tertiary/aromatic N) is 1. The largest absolute Gasteiger partial charge is 0.371 e. The maximum Gasteiger partial charge on any atom is 0.251 e. The van der Waals surface area contributed by atoms with Crippen LogP contribution < -0.4 is 10.2 Å². The van der Waals surface area contributed by atoms with Crippen LogP contribution in [0.3, 0.4) is 0 Å².